The smallest absolute Gasteiger partial charge is 0.137 e. The predicted octanol–water partition coefficient (Wildman–Crippen LogP) is 2.70. The van der Waals surface area contributed by atoms with Crippen molar-refractivity contribution in [1.29, 1.82) is 0 Å². The Morgan fingerprint density at radius 3 is 2.56 bits per heavy atom. The Kier molecular flexibility index (Phi) is 4.04. The third kappa shape index (κ3) is 2.74. The van der Waals surface area contributed by atoms with Gasteiger partial charge < -0.3 is 10.2 Å². The first-order valence-electron chi connectivity index (χ1n) is 6.92. The van der Waals surface area contributed by atoms with Crippen molar-refractivity contribution >= 4 is 11.6 Å². The molecule has 2 unspecified atom stereocenters. The third-order valence-corrected chi connectivity index (χ3v) is 3.57. The zero-order chi connectivity index (χ0) is 13.1. The molecule has 100 valence electrons. The first-order chi connectivity index (χ1) is 8.61. The van der Waals surface area contributed by atoms with E-state index < -0.39 is 0 Å². The fourth-order valence-electron chi connectivity index (χ4n) is 2.94. The largest absolute Gasteiger partial charge is 0.370 e. The van der Waals surface area contributed by atoms with E-state index in [9.17, 15) is 0 Å². The average Bonchev–Trinajstić information content (AvgIpc) is 2.31. The van der Waals surface area contributed by atoms with Crippen LogP contribution in [0.1, 0.15) is 32.8 Å². The second-order valence-electron chi connectivity index (χ2n) is 5.55. The fourth-order valence-corrected chi connectivity index (χ4v) is 2.94. The molecule has 1 aliphatic heterocycles. The van der Waals surface area contributed by atoms with E-state index in [1.165, 1.54) is 12.0 Å². The topological polar surface area (TPSA) is 41.1 Å². The van der Waals surface area contributed by atoms with Gasteiger partial charge in [-0.3, -0.25) is 0 Å². The number of hydrogen-bond donors (Lipinski definition) is 1. The molecule has 0 saturated carbocycles. The van der Waals surface area contributed by atoms with Crippen LogP contribution in [0, 0.1) is 18.8 Å². The molecular formula is C14H24N4. The summed E-state index contributed by atoms with van der Waals surface area (Å²) in [6.45, 7) is 11.9. The standard InChI is InChI=1S/C14H24N4/c1-5-15-13-12(4)14(17-9-16-13)18-7-10(2)6-11(3)8-18/h9-11H,5-8H2,1-4H3,(H,15,16,17). The Labute approximate surface area is 110 Å². The molecular weight excluding hydrogens is 224 g/mol. The highest BCUT2D eigenvalue weighted by Crippen LogP contribution is 2.28. The molecule has 0 aliphatic carbocycles. The summed E-state index contributed by atoms with van der Waals surface area (Å²) in [7, 11) is 0. The molecule has 2 atom stereocenters. The first kappa shape index (κ1) is 13.1. The van der Waals surface area contributed by atoms with Crippen molar-refractivity contribution in [2.75, 3.05) is 29.9 Å². The van der Waals surface area contributed by atoms with Crippen molar-refractivity contribution in [2.45, 2.75) is 34.1 Å². The SMILES string of the molecule is CCNc1ncnc(N2CC(C)CC(C)C2)c1C. The normalized spacial score (nSPS) is 24.1. The number of nitrogens with zero attached hydrogens (tertiary/aromatic N) is 3. The maximum absolute atomic E-state index is 4.49. The number of hydrogen-bond acceptors (Lipinski definition) is 4. The number of aromatic nitrogens is 2. The number of anilines is 2. The summed E-state index contributed by atoms with van der Waals surface area (Å²) in [5, 5.41) is 3.30. The van der Waals surface area contributed by atoms with Crippen LogP contribution in [0.5, 0.6) is 0 Å². The molecule has 0 radical (unpaired) electrons. The molecule has 1 aromatic rings. The minimum atomic E-state index is 0.741. The van der Waals surface area contributed by atoms with E-state index in [0.717, 1.165) is 43.1 Å². The molecule has 0 spiro atoms. The van der Waals surface area contributed by atoms with Crippen LogP contribution in [-0.2, 0) is 0 Å². The summed E-state index contributed by atoms with van der Waals surface area (Å²) in [4.78, 5) is 11.2. The quantitative estimate of drug-likeness (QED) is 0.893. The summed E-state index contributed by atoms with van der Waals surface area (Å²) in [6, 6.07) is 0. The van der Waals surface area contributed by atoms with Gasteiger partial charge >= 0.3 is 0 Å². The van der Waals surface area contributed by atoms with Gasteiger partial charge in [-0.25, -0.2) is 9.97 Å². The molecule has 4 nitrogen and oxygen atoms in total. The van der Waals surface area contributed by atoms with E-state index in [0.29, 0.717) is 0 Å². The second-order valence-corrected chi connectivity index (χ2v) is 5.55. The van der Waals surface area contributed by atoms with Crippen LogP contribution >= 0.6 is 0 Å². The highest BCUT2D eigenvalue weighted by Gasteiger charge is 2.24. The summed E-state index contributed by atoms with van der Waals surface area (Å²) >= 11 is 0. The Morgan fingerprint density at radius 2 is 1.94 bits per heavy atom. The molecule has 1 aliphatic rings. The van der Waals surface area contributed by atoms with Crippen molar-refractivity contribution in [3.8, 4) is 0 Å². The van der Waals surface area contributed by atoms with Crippen molar-refractivity contribution in [1.82, 2.24) is 9.97 Å². The van der Waals surface area contributed by atoms with E-state index in [4.69, 9.17) is 0 Å². The van der Waals surface area contributed by atoms with Crippen LogP contribution in [0.25, 0.3) is 0 Å². The molecule has 2 heterocycles. The summed E-state index contributed by atoms with van der Waals surface area (Å²) in [5.74, 6) is 3.55. The van der Waals surface area contributed by atoms with Crippen molar-refractivity contribution < 1.29 is 0 Å². The van der Waals surface area contributed by atoms with Crippen LogP contribution in [0.4, 0.5) is 11.6 Å². The van der Waals surface area contributed by atoms with Crippen LogP contribution in [0.2, 0.25) is 0 Å². The van der Waals surface area contributed by atoms with E-state index in [2.05, 4.69) is 47.9 Å². The third-order valence-electron chi connectivity index (χ3n) is 3.57. The molecule has 1 saturated heterocycles. The van der Waals surface area contributed by atoms with Crippen LogP contribution in [-0.4, -0.2) is 29.6 Å². The Balaban J connectivity index is 2.24. The summed E-state index contributed by atoms with van der Waals surface area (Å²) in [5.41, 5.74) is 1.17. The van der Waals surface area contributed by atoms with Gasteiger partial charge in [0.05, 0.1) is 0 Å². The minimum Gasteiger partial charge on any atom is -0.370 e. The van der Waals surface area contributed by atoms with Crippen molar-refractivity contribution in [3.05, 3.63) is 11.9 Å². The second kappa shape index (κ2) is 5.55. The Morgan fingerprint density at radius 1 is 1.28 bits per heavy atom. The van der Waals surface area contributed by atoms with Gasteiger partial charge in [0, 0.05) is 25.2 Å². The Bertz CT molecular complexity index is 395. The van der Waals surface area contributed by atoms with Crippen molar-refractivity contribution in [2.24, 2.45) is 11.8 Å². The molecule has 1 aromatic heterocycles. The van der Waals surface area contributed by atoms with E-state index in [1.807, 2.05) is 0 Å². The average molecular weight is 248 g/mol. The van der Waals surface area contributed by atoms with Gasteiger partial charge in [0.15, 0.2) is 0 Å². The number of piperidine rings is 1. The minimum absolute atomic E-state index is 0.741. The summed E-state index contributed by atoms with van der Waals surface area (Å²) < 4.78 is 0. The lowest BCUT2D eigenvalue weighted by atomic mass is 9.92. The predicted molar refractivity (Wildman–Crippen MR) is 76.1 cm³/mol. The van der Waals surface area contributed by atoms with Crippen LogP contribution < -0.4 is 10.2 Å². The van der Waals surface area contributed by atoms with Crippen LogP contribution in [0.3, 0.4) is 0 Å². The molecule has 0 amide bonds. The van der Waals surface area contributed by atoms with Gasteiger partial charge in [-0.05, 0) is 32.1 Å². The summed E-state index contributed by atoms with van der Waals surface area (Å²) in [6.07, 6.45) is 2.99. The maximum atomic E-state index is 4.49. The molecule has 2 rings (SSSR count). The lowest BCUT2D eigenvalue weighted by molar-refractivity contribution is 0.355. The van der Waals surface area contributed by atoms with Gasteiger partial charge in [-0.15, -0.1) is 0 Å². The highest BCUT2D eigenvalue weighted by atomic mass is 15.2. The molecule has 0 aromatic carbocycles. The molecule has 18 heavy (non-hydrogen) atoms. The molecule has 1 fully saturated rings. The van der Waals surface area contributed by atoms with Gasteiger partial charge in [0.1, 0.15) is 18.0 Å². The first-order valence-corrected chi connectivity index (χ1v) is 6.92. The van der Waals surface area contributed by atoms with Gasteiger partial charge in [0.25, 0.3) is 0 Å². The van der Waals surface area contributed by atoms with E-state index in [1.54, 1.807) is 6.33 Å². The lowest BCUT2D eigenvalue weighted by Gasteiger charge is -2.36. The fraction of sp³-hybridized carbons (Fsp3) is 0.714. The molecule has 4 heteroatoms. The van der Waals surface area contributed by atoms with Crippen LogP contribution in [0.15, 0.2) is 6.33 Å². The van der Waals surface area contributed by atoms with E-state index >= 15 is 0 Å². The van der Waals surface area contributed by atoms with E-state index in [-0.39, 0.29) is 0 Å². The van der Waals surface area contributed by atoms with Gasteiger partial charge in [-0.2, -0.15) is 0 Å². The zero-order valence-electron chi connectivity index (χ0n) is 11.9. The zero-order valence-corrected chi connectivity index (χ0v) is 11.9. The molecule has 0 bridgehead atoms. The number of nitrogens with one attached hydrogen (secondary N) is 1. The van der Waals surface area contributed by atoms with Gasteiger partial charge in [0.2, 0.25) is 0 Å². The lowest BCUT2D eigenvalue weighted by Crippen LogP contribution is -2.39. The number of rotatable bonds is 3. The maximum Gasteiger partial charge on any atom is 0.137 e. The Hall–Kier alpha value is -1.32. The monoisotopic (exact) mass is 248 g/mol. The molecule has 1 N–H and O–H groups in total. The van der Waals surface area contributed by atoms with Crippen molar-refractivity contribution in [3.63, 3.8) is 0 Å². The highest BCUT2D eigenvalue weighted by molar-refractivity contribution is 5.58. The van der Waals surface area contributed by atoms with Gasteiger partial charge in [-0.1, -0.05) is 13.8 Å².